The van der Waals surface area contributed by atoms with Gasteiger partial charge in [0.05, 0.1) is 10.4 Å². The molecule has 0 bridgehead atoms. The molecule has 1 aromatic carbocycles. The number of likely N-dealkylation sites (tertiary alicyclic amines) is 1. The quantitative estimate of drug-likeness (QED) is 0.758. The summed E-state index contributed by atoms with van der Waals surface area (Å²) in [6, 6.07) is 4.82. The number of carbonyl (C=O) groups excluding carboxylic acids is 1. The van der Waals surface area contributed by atoms with Crippen LogP contribution in [0.5, 0.6) is 0 Å². The third-order valence-corrected chi connectivity index (χ3v) is 6.54. The Hall–Kier alpha value is -2.00. The van der Waals surface area contributed by atoms with Gasteiger partial charge in [-0.3, -0.25) is 4.79 Å². The summed E-state index contributed by atoms with van der Waals surface area (Å²) in [5.41, 5.74) is 1.31. The average molecular weight is 379 g/mol. The van der Waals surface area contributed by atoms with Gasteiger partial charge in [-0.15, -0.1) is 5.10 Å². The van der Waals surface area contributed by atoms with Crippen LogP contribution in [0.2, 0.25) is 0 Å². The van der Waals surface area contributed by atoms with E-state index in [1.54, 1.807) is 16.8 Å². The summed E-state index contributed by atoms with van der Waals surface area (Å²) < 4.78 is 27.3. The number of rotatable bonds is 6. The van der Waals surface area contributed by atoms with Crippen molar-refractivity contribution >= 4 is 27.0 Å². The molecular weight excluding hydrogens is 354 g/mol. The summed E-state index contributed by atoms with van der Waals surface area (Å²) in [7, 11) is -0.502. The molecule has 8 nitrogen and oxygen atoms in total. The number of fused-ring (bicyclic) bond motifs is 1. The highest BCUT2D eigenvalue weighted by molar-refractivity contribution is 7.89. The maximum Gasteiger partial charge on any atom is 0.242 e. The van der Waals surface area contributed by atoms with Crippen molar-refractivity contribution in [2.45, 2.75) is 43.5 Å². The highest BCUT2D eigenvalue weighted by atomic mass is 32.2. The second-order valence-electron chi connectivity index (χ2n) is 6.80. The first-order valence-electron chi connectivity index (χ1n) is 8.93. The molecule has 26 heavy (non-hydrogen) atoms. The van der Waals surface area contributed by atoms with E-state index in [1.807, 2.05) is 4.90 Å². The summed E-state index contributed by atoms with van der Waals surface area (Å²) in [4.78, 5) is 14.4. The molecule has 1 aliphatic heterocycles. The smallest absolute Gasteiger partial charge is 0.242 e. The molecule has 0 radical (unpaired) electrons. The first-order valence-corrected chi connectivity index (χ1v) is 10.4. The minimum absolute atomic E-state index is 0.197. The van der Waals surface area contributed by atoms with Crippen LogP contribution in [-0.4, -0.2) is 65.7 Å². The Balaban J connectivity index is 1.65. The van der Waals surface area contributed by atoms with Gasteiger partial charge in [-0.05, 0) is 43.9 Å². The minimum Gasteiger partial charge on any atom is -0.343 e. The van der Waals surface area contributed by atoms with Gasteiger partial charge in [0, 0.05) is 40.2 Å². The zero-order valence-electron chi connectivity index (χ0n) is 15.3. The fraction of sp³-hybridized carbons (Fsp3) is 0.588. The van der Waals surface area contributed by atoms with E-state index >= 15 is 0 Å². The first kappa shape index (κ1) is 18.8. The van der Waals surface area contributed by atoms with Gasteiger partial charge in [0.2, 0.25) is 15.9 Å². The van der Waals surface area contributed by atoms with Gasteiger partial charge in [0.25, 0.3) is 0 Å². The van der Waals surface area contributed by atoms with Crippen molar-refractivity contribution in [2.75, 3.05) is 27.2 Å². The molecule has 0 saturated carbocycles. The lowest BCUT2D eigenvalue weighted by atomic mass is 10.1. The van der Waals surface area contributed by atoms with E-state index in [0.717, 1.165) is 31.4 Å². The second kappa shape index (κ2) is 7.71. The van der Waals surface area contributed by atoms with Crippen LogP contribution in [0, 0.1) is 0 Å². The molecule has 142 valence electrons. The molecule has 3 rings (SSSR count). The van der Waals surface area contributed by atoms with E-state index in [9.17, 15) is 13.2 Å². The Morgan fingerprint density at radius 1 is 1.19 bits per heavy atom. The Bertz CT molecular complexity index is 885. The highest BCUT2D eigenvalue weighted by Gasteiger charge is 2.19. The summed E-state index contributed by atoms with van der Waals surface area (Å²) >= 11 is 0. The Morgan fingerprint density at radius 3 is 2.62 bits per heavy atom. The summed E-state index contributed by atoms with van der Waals surface area (Å²) in [5, 5.41) is 8.18. The fourth-order valence-electron chi connectivity index (χ4n) is 3.17. The van der Waals surface area contributed by atoms with Gasteiger partial charge < -0.3 is 4.90 Å². The number of carbonyl (C=O) groups is 1. The SMILES string of the molecule is CN(C)S(=O)(=O)c1ccc2c(c1)nnn2CCCC(=O)N1CCCCC1. The van der Waals surface area contributed by atoms with Crippen LogP contribution in [0.15, 0.2) is 23.1 Å². The molecule has 1 amide bonds. The van der Waals surface area contributed by atoms with Crippen LogP contribution in [0.1, 0.15) is 32.1 Å². The van der Waals surface area contributed by atoms with Gasteiger partial charge in [-0.2, -0.15) is 0 Å². The molecule has 0 unspecified atom stereocenters. The van der Waals surface area contributed by atoms with Gasteiger partial charge in [-0.25, -0.2) is 17.4 Å². The molecule has 1 aromatic heterocycles. The van der Waals surface area contributed by atoms with Crippen molar-refractivity contribution in [2.24, 2.45) is 0 Å². The van der Waals surface area contributed by atoms with Crippen LogP contribution in [0.25, 0.3) is 11.0 Å². The number of aromatic nitrogens is 3. The van der Waals surface area contributed by atoms with E-state index in [1.165, 1.54) is 30.9 Å². The highest BCUT2D eigenvalue weighted by Crippen LogP contribution is 2.20. The molecule has 2 heterocycles. The zero-order valence-corrected chi connectivity index (χ0v) is 16.1. The second-order valence-corrected chi connectivity index (χ2v) is 8.95. The van der Waals surface area contributed by atoms with Crippen molar-refractivity contribution in [1.29, 1.82) is 0 Å². The first-order chi connectivity index (χ1) is 12.4. The molecule has 0 atom stereocenters. The molecule has 2 aromatic rings. The molecule has 1 aliphatic rings. The third kappa shape index (κ3) is 3.88. The standard InChI is InChI=1S/C17H25N5O3S/c1-20(2)26(24,25)14-8-9-16-15(13-14)18-19-22(16)12-6-7-17(23)21-10-4-3-5-11-21/h8-9,13H,3-7,10-12H2,1-2H3. The van der Waals surface area contributed by atoms with E-state index in [-0.39, 0.29) is 10.8 Å². The van der Waals surface area contributed by atoms with E-state index < -0.39 is 10.0 Å². The number of amides is 1. The van der Waals surface area contributed by atoms with Gasteiger partial charge in [0.1, 0.15) is 5.52 Å². The summed E-state index contributed by atoms with van der Waals surface area (Å²) in [6.45, 7) is 2.32. The van der Waals surface area contributed by atoms with Crippen LogP contribution in [0.4, 0.5) is 0 Å². The Kier molecular flexibility index (Phi) is 5.57. The van der Waals surface area contributed by atoms with Crippen LogP contribution in [0.3, 0.4) is 0 Å². The minimum atomic E-state index is -3.49. The molecule has 1 fully saturated rings. The van der Waals surface area contributed by atoms with E-state index in [2.05, 4.69) is 10.3 Å². The predicted octanol–water partition coefficient (Wildman–Crippen LogP) is 1.47. The van der Waals surface area contributed by atoms with E-state index in [0.29, 0.717) is 24.9 Å². The third-order valence-electron chi connectivity index (χ3n) is 4.73. The van der Waals surface area contributed by atoms with Crippen molar-refractivity contribution in [1.82, 2.24) is 24.2 Å². The lowest BCUT2D eigenvalue weighted by molar-refractivity contribution is -0.132. The van der Waals surface area contributed by atoms with Crippen LogP contribution < -0.4 is 0 Å². The number of hydrogen-bond donors (Lipinski definition) is 0. The van der Waals surface area contributed by atoms with Gasteiger partial charge in [0.15, 0.2) is 0 Å². The lowest BCUT2D eigenvalue weighted by Gasteiger charge is -2.26. The number of benzene rings is 1. The topological polar surface area (TPSA) is 88.4 Å². The lowest BCUT2D eigenvalue weighted by Crippen LogP contribution is -2.35. The average Bonchev–Trinajstić information content (AvgIpc) is 3.04. The number of piperidine rings is 1. The molecule has 0 spiro atoms. The van der Waals surface area contributed by atoms with Crippen LogP contribution >= 0.6 is 0 Å². The summed E-state index contributed by atoms with van der Waals surface area (Å²) in [5.74, 6) is 0.202. The number of sulfonamides is 1. The normalized spacial score (nSPS) is 15.7. The van der Waals surface area contributed by atoms with Crippen molar-refractivity contribution in [3.05, 3.63) is 18.2 Å². The fourth-order valence-corrected chi connectivity index (χ4v) is 4.09. The largest absolute Gasteiger partial charge is 0.343 e. The Morgan fingerprint density at radius 2 is 1.92 bits per heavy atom. The van der Waals surface area contributed by atoms with E-state index in [4.69, 9.17) is 0 Å². The molecule has 0 aliphatic carbocycles. The molecular formula is C17H25N5O3S. The number of nitrogens with zero attached hydrogens (tertiary/aromatic N) is 5. The maximum absolute atomic E-state index is 12.2. The number of hydrogen-bond acceptors (Lipinski definition) is 5. The number of aryl methyl sites for hydroxylation is 1. The van der Waals surface area contributed by atoms with Crippen molar-refractivity contribution in [3.63, 3.8) is 0 Å². The van der Waals surface area contributed by atoms with Crippen LogP contribution in [-0.2, 0) is 21.4 Å². The summed E-state index contributed by atoms with van der Waals surface area (Å²) in [6.07, 6.45) is 4.58. The Labute approximate surface area is 153 Å². The molecule has 9 heteroatoms. The molecule has 0 N–H and O–H groups in total. The van der Waals surface area contributed by atoms with Gasteiger partial charge >= 0.3 is 0 Å². The van der Waals surface area contributed by atoms with Gasteiger partial charge in [-0.1, -0.05) is 5.21 Å². The van der Waals surface area contributed by atoms with Crippen molar-refractivity contribution in [3.8, 4) is 0 Å². The van der Waals surface area contributed by atoms with Crippen molar-refractivity contribution < 1.29 is 13.2 Å². The maximum atomic E-state index is 12.2. The zero-order chi connectivity index (χ0) is 18.7. The predicted molar refractivity (Wildman–Crippen MR) is 98.1 cm³/mol. The molecule has 1 saturated heterocycles. The monoisotopic (exact) mass is 379 g/mol.